The highest BCUT2D eigenvalue weighted by Crippen LogP contribution is 2.31. The molecule has 0 radical (unpaired) electrons. The van der Waals surface area contributed by atoms with Gasteiger partial charge < -0.3 is 15.4 Å². The van der Waals surface area contributed by atoms with Gasteiger partial charge in [-0.15, -0.1) is 23.7 Å². The van der Waals surface area contributed by atoms with Gasteiger partial charge in [0.2, 0.25) is 5.91 Å². The van der Waals surface area contributed by atoms with Crippen molar-refractivity contribution < 1.29 is 9.53 Å². The fourth-order valence-corrected chi connectivity index (χ4v) is 3.19. The molecule has 130 valence electrons. The smallest absolute Gasteiger partial charge is 0.240 e. The van der Waals surface area contributed by atoms with E-state index in [2.05, 4.69) is 15.6 Å². The van der Waals surface area contributed by atoms with Crippen molar-refractivity contribution in [1.29, 1.82) is 0 Å². The van der Waals surface area contributed by atoms with Crippen LogP contribution in [0, 0.1) is 12.8 Å². The molecule has 2 N–H and O–H groups in total. The number of thiazole rings is 1. The average Bonchev–Trinajstić information content (AvgIpc) is 3.30. The second kappa shape index (κ2) is 8.46. The molecule has 1 aliphatic carbocycles. The number of carbonyl (C=O) groups excluding carboxylic acids is 1. The van der Waals surface area contributed by atoms with Crippen LogP contribution in [0.15, 0.2) is 24.3 Å². The normalized spacial score (nSPS) is 13.2. The van der Waals surface area contributed by atoms with Crippen LogP contribution >= 0.6 is 23.7 Å². The number of rotatable bonds is 7. The third-order valence-electron chi connectivity index (χ3n) is 3.82. The largest absolute Gasteiger partial charge is 0.497 e. The average molecular weight is 368 g/mol. The highest BCUT2D eigenvalue weighted by atomic mass is 35.5. The van der Waals surface area contributed by atoms with Gasteiger partial charge in [-0.05, 0) is 56.5 Å². The van der Waals surface area contributed by atoms with Crippen LogP contribution in [0.25, 0.3) is 11.3 Å². The van der Waals surface area contributed by atoms with Crippen LogP contribution in [-0.2, 0) is 4.79 Å². The van der Waals surface area contributed by atoms with Gasteiger partial charge in [0.25, 0.3) is 0 Å². The molecule has 0 saturated heterocycles. The molecule has 0 unspecified atom stereocenters. The summed E-state index contributed by atoms with van der Waals surface area (Å²) in [7, 11) is 1.65. The fraction of sp³-hybridized carbons (Fsp3) is 0.412. The number of ether oxygens (including phenoxy) is 1. The minimum atomic E-state index is -0.0410. The first kappa shape index (κ1) is 18.7. The van der Waals surface area contributed by atoms with Gasteiger partial charge in [-0.2, -0.15) is 0 Å². The lowest BCUT2D eigenvalue weighted by molar-refractivity contribution is -0.115. The van der Waals surface area contributed by atoms with Crippen LogP contribution in [0.3, 0.4) is 0 Å². The maximum absolute atomic E-state index is 11.9. The first-order valence-electron chi connectivity index (χ1n) is 7.78. The van der Waals surface area contributed by atoms with E-state index in [1.54, 1.807) is 7.11 Å². The monoisotopic (exact) mass is 367 g/mol. The number of amides is 1. The van der Waals surface area contributed by atoms with Crippen LogP contribution in [-0.4, -0.2) is 31.1 Å². The topological polar surface area (TPSA) is 63.2 Å². The van der Waals surface area contributed by atoms with Gasteiger partial charge in [0, 0.05) is 10.4 Å². The van der Waals surface area contributed by atoms with Crippen molar-refractivity contribution in [3.63, 3.8) is 0 Å². The van der Waals surface area contributed by atoms with Crippen molar-refractivity contribution in [2.24, 2.45) is 5.92 Å². The second-order valence-corrected chi connectivity index (χ2v) is 6.98. The zero-order valence-electron chi connectivity index (χ0n) is 13.8. The standard InChI is InChI=1S/C17H21N3O2S.ClH/c1-11-16(13-5-7-14(22-2)8-6-13)20-17(23-11)19-15(21)10-18-9-12-3-4-12;/h5-8,12,18H,3-4,9-10H2,1-2H3,(H,19,20,21);1H. The third kappa shape index (κ3) is 4.93. The van der Waals surface area contributed by atoms with E-state index in [1.165, 1.54) is 24.2 Å². The molecule has 0 spiro atoms. The Morgan fingerprint density at radius 1 is 1.33 bits per heavy atom. The lowest BCUT2D eigenvalue weighted by Gasteiger charge is -2.03. The molecule has 0 bridgehead atoms. The quantitative estimate of drug-likeness (QED) is 0.786. The Labute approximate surface area is 152 Å². The molecule has 1 fully saturated rings. The lowest BCUT2D eigenvalue weighted by Crippen LogP contribution is -2.29. The Morgan fingerprint density at radius 2 is 2.04 bits per heavy atom. The van der Waals surface area contributed by atoms with Gasteiger partial charge in [0.15, 0.2) is 5.13 Å². The van der Waals surface area contributed by atoms with E-state index in [-0.39, 0.29) is 18.3 Å². The summed E-state index contributed by atoms with van der Waals surface area (Å²) in [4.78, 5) is 17.6. The number of hydrogen-bond acceptors (Lipinski definition) is 5. The summed E-state index contributed by atoms with van der Waals surface area (Å²) >= 11 is 1.50. The molecule has 1 aromatic carbocycles. The van der Waals surface area contributed by atoms with E-state index in [9.17, 15) is 4.79 Å². The van der Waals surface area contributed by atoms with E-state index in [0.717, 1.165) is 34.3 Å². The Morgan fingerprint density at radius 3 is 2.67 bits per heavy atom. The summed E-state index contributed by atoms with van der Waals surface area (Å²) in [6, 6.07) is 7.77. The first-order valence-corrected chi connectivity index (χ1v) is 8.60. The predicted molar refractivity (Wildman–Crippen MR) is 100 cm³/mol. The molecular weight excluding hydrogens is 346 g/mol. The van der Waals surface area contributed by atoms with Crippen LogP contribution in [0.4, 0.5) is 5.13 Å². The molecule has 1 heterocycles. The van der Waals surface area contributed by atoms with Gasteiger partial charge in [-0.1, -0.05) is 0 Å². The molecule has 24 heavy (non-hydrogen) atoms. The van der Waals surface area contributed by atoms with Crippen molar-refractivity contribution in [2.45, 2.75) is 19.8 Å². The summed E-state index contributed by atoms with van der Waals surface area (Å²) in [6.45, 7) is 3.28. The summed E-state index contributed by atoms with van der Waals surface area (Å²) in [5, 5.41) is 6.70. The molecule has 1 amide bonds. The van der Waals surface area contributed by atoms with Gasteiger partial charge in [-0.25, -0.2) is 4.98 Å². The number of halogens is 1. The Hall–Kier alpha value is -1.63. The summed E-state index contributed by atoms with van der Waals surface area (Å²) in [5.74, 6) is 1.55. The number of aromatic nitrogens is 1. The van der Waals surface area contributed by atoms with Crippen LogP contribution in [0.1, 0.15) is 17.7 Å². The van der Waals surface area contributed by atoms with Gasteiger partial charge in [0.05, 0.1) is 19.3 Å². The van der Waals surface area contributed by atoms with Crippen LogP contribution in [0.5, 0.6) is 5.75 Å². The summed E-state index contributed by atoms with van der Waals surface area (Å²) in [5.41, 5.74) is 1.92. The van der Waals surface area contributed by atoms with E-state index in [1.807, 2.05) is 31.2 Å². The van der Waals surface area contributed by atoms with Crippen molar-refractivity contribution in [3.8, 4) is 17.0 Å². The molecule has 0 atom stereocenters. The maximum atomic E-state index is 11.9. The highest BCUT2D eigenvalue weighted by molar-refractivity contribution is 7.16. The van der Waals surface area contributed by atoms with Gasteiger partial charge in [-0.3, -0.25) is 4.79 Å². The minimum Gasteiger partial charge on any atom is -0.497 e. The van der Waals surface area contributed by atoms with Gasteiger partial charge >= 0.3 is 0 Å². The predicted octanol–water partition coefficient (Wildman–Crippen LogP) is 3.49. The Kier molecular flexibility index (Phi) is 6.60. The number of carbonyl (C=O) groups is 1. The van der Waals surface area contributed by atoms with Crippen LogP contribution in [0.2, 0.25) is 0 Å². The minimum absolute atomic E-state index is 0. The number of aryl methyl sites for hydroxylation is 1. The number of nitrogens with one attached hydrogen (secondary N) is 2. The number of methoxy groups -OCH3 is 1. The molecule has 7 heteroatoms. The lowest BCUT2D eigenvalue weighted by atomic mass is 10.1. The van der Waals surface area contributed by atoms with E-state index < -0.39 is 0 Å². The first-order chi connectivity index (χ1) is 11.2. The SMILES string of the molecule is COc1ccc(-c2nc(NC(=O)CNCC3CC3)sc2C)cc1.Cl. The summed E-state index contributed by atoms with van der Waals surface area (Å²) < 4.78 is 5.17. The number of anilines is 1. The molecule has 1 saturated carbocycles. The summed E-state index contributed by atoms with van der Waals surface area (Å²) in [6.07, 6.45) is 2.57. The molecule has 3 rings (SSSR count). The molecule has 0 aliphatic heterocycles. The molecular formula is C17H22ClN3O2S. The Bertz CT molecular complexity index is 684. The zero-order valence-corrected chi connectivity index (χ0v) is 15.4. The van der Waals surface area contributed by atoms with Crippen molar-refractivity contribution in [3.05, 3.63) is 29.1 Å². The number of benzene rings is 1. The second-order valence-electron chi connectivity index (χ2n) is 5.77. The molecule has 5 nitrogen and oxygen atoms in total. The molecule has 1 aromatic heterocycles. The fourth-order valence-electron chi connectivity index (χ4n) is 2.34. The maximum Gasteiger partial charge on any atom is 0.240 e. The van der Waals surface area contributed by atoms with Gasteiger partial charge in [0.1, 0.15) is 5.75 Å². The van der Waals surface area contributed by atoms with Crippen molar-refractivity contribution in [1.82, 2.24) is 10.3 Å². The number of nitrogens with zero attached hydrogens (tertiary/aromatic N) is 1. The zero-order chi connectivity index (χ0) is 16.2. The highest BCUT2D eigenvalue weighted by Gasteiger charge is 2.20. The van der Waals surface area contributed by atoms with Crippen LogP contribution < -0.4 is 15.4 Å². The number of hydrogen-bond donors (Lipinski definition) is 2. The molecule has 2 aromatic rings. The van der Waals surface area contributed by atoms with Crippen molar-refractivity contribution in [2.75, 3.05) is 25.5 Å². The van der Waals surface area contributed by atoms with E-state index in [4.69, 9.17) is 4.74 Å². The van der Waals surface area contributed by atoms with E-state index >= 15 is 0 Å². The Balaban J connectivity index is 0.00000208. The third-order valence-corrected chi connectivity index (χ3v) is 4.71. The molecule has 1 aliphatic rings. The van der Waals surface area contributed by atoms with E-state index in [0.29, 0.717) is 11.7 Å². The van der Waals surface area contributed by atoms with Crippen molar-refractivity contribution >= 4 is 34.8 Å².